The standard InChI is InChI=1S/C27H34/c1-3-5-7-23-14-18-26(19-15-23)27-20-16-25(17-21-27)13-12-24-10-8-22(6-4-2)9-11-24/h14-22,24H,3-11H2,1-2H3. The van der Waals surface area contributed by atoms with Crippen LogP contribution in [0.5, 0.6) is 0 Å². The fourth-order valence-corrected chi connectivity index (χ4v) is 4.18. The van der Waals surface area contributed by atoms with Gasteiger partial charge in [-0.25, -0.2) is 0 Å². The zero-order valence-corrected chi connectivity index (χ0v) is 17.1. The molecule has 0 heteroatoms. The van der Waals surface area contributed by atoms with Crippen molar-refractivity contribution in [3.8, 4) is 23.0 Å². The second kappa shape index (κ2) is 10.4. The fourth-order valence-electron chi connectivity index (χ4n) is 4.18. The summed E-state index contributed by atoms with van der Waals surface area (Å²) in [5, 5.41) is 0. The Labute approximate surface area is 166 Å². The van der Waals surface area contributed by atoms with Crippen LogP contribution in [0, 0.1) is 23.7 Å². The minimum Gasteiger partial charge on any atom is -0.0945 e. The minimum absolute atomic E-state index is 0.605. The van der Waals surface area contributed by atoms with Crippen LogP contribution in [-0.2, 0) is 6.42 Å². The third kappa shape index (κ3) is 6.00. The second-order valence-corrected chi connectivity index (χ2v) is 8.15. The van der Waals surface area contributed by atoms with Crippen molar-refractivity contribution >= 4 is 0 Å². The predicted octanol–water partition coefficient (Wildman–Crippen LogP) is 7.65. The molecule has 0 aromatic heterocycles. The maximum atomic E-state index is 3.54. The molecule has 2 aromatic carbocycles. The molecular formula is C27H34. The van der Waals surface area contributed by atoms with Crippen molar-refractivity contribution in [1.29, 1.82) is 0 Å². The average molecular weight is 359 g/mol. The highest BCUT2D eigenvalue weighted by Gasteiger charge is 2.18. The molecule has 0 bridgehead atoms. The smallest absolute Gasteiger partial charge is 0.0245 e. The van der Waals surface area contributed by atoms with Crippen LogP contribution in [0.2, 0.25) is 0 Å². The SMILES string of the molecule is CCCCc1ccc(-c2ccc(C#CC3CCC(CCC)CC3)cc2)cc1. The lowest BCUT2D eigenvalue weighted by molar-refractivity contribution is 0.300. The Hall–Kier alpha value is -2.00. The third-order valence-electron chi connectivity index (χ3n) is 5.96. The first-order valence-electron chi connectivity index (χ1n) is 11.0. The topological polar surface area (TPSA) is 0 Å². The quantitative estimate of drug-likeness (QED) is 0.465. The van der Waals surface area contributed by atoms with Crippen molar-refractivity contribution in [2.45, 2.75) is 71.6 Å². The van der Waals surface area contributed by atoms with E-state index in [4.69, 9.17) is 0 Å². The van der Waals surface area contributed by atoms with Crippen molar-refractivity contribution in [2.75, 3.05) is 0 Å². The Morgan fingerprint density at radius 1 is 0.778 bits per heavy atom. The van der Waals surface area contributed by atoms with Crippen LogP contribution < -0.4 is 0 Å². The molecule has 1 aliphatic carbocycles. The third-order valence-corrected chi connectivity index (χ3v) is 5.96. The van der Waals surface area contributed by atoms with Gasteiger partial charge in [0.15, 0.2) is 0 Å². The van der Waals surface area contributed by atoms with Gasteiger partial charge in [-0.05, 0) is 73.3 Å². The normalized spacial score (nSPS) is 19.3. The fraction of sp³-hybridized carbons (Fsp3) is 0.481. The van der Waals surface area contributed by atoms with Gasteiger partial charge in [-0.3, -0.25) is 0 Å². The van der Waals surface area contributed by atoms with Crippen LogP contribution in [0.15, 0.2) is 48.5 Å². The molecule has 1 aliphatic rings. The molecule has 3 rings (SSSR count). The molecule has 0 heterocycles. The molecule has 0 unspecified atom stereocenters. The summed E-state index contributed by atoms with van der Waals surface area (Å²) in [7, 11) is 0. The Morgan fingerprint density at radius 2 is 1.41 bits per heavy atom. The van der Waals surface area contributed by atoms with Gasteiger partial charge in [-0.2, -0.15) is 0 Å². The van der Waals surface area contributed by atoms with E-state index < -0.39 is 0 Å². The van der Waals surface area contributed by atoms with Gasteiger partial charge in [0, 0.05) is 11.5 Å². The zero-order chi connectivity index (χ0) is 18.9. The van der Waals surface area contributed by atoms with Crippen molar-refractivity contribution in [2.24, 2.45) is 11.8 Å². The summed E-state index contributed by atoms with van der Waals surface area (Å²) in [6.45, 7) is 4.55. The van der Waals surface area contributed by atoms with Crippen LogP contribution in [0.3, 0.4) is 0 Å². The maximum Gasteiger partial charge on any atom is 0.0245 e. The lowest BCUT2D eigenvalue weighted by atomic mass is 9.80. The summed E-state index contributed by atoms with van der Waals surface area (Å²) in [6.07, 6.45) is 11.8. The predicted molar refractivity (Wildman–Crippen MR) is 118 cm³/mol. The summed E-state index contributed by atoms with van der Waals surface area (Å²) in [6, 6.07) is 17.8. The van der Waals surface area contributed by atoms with Gasteiger partial charge in [0.1, 0.15) is 0 Å². The van der Waals surface area contributed by atoms with Gasteiger partial charge in [0.25, 0.3) is 0 Å². The first-order valence-corrected chi connectivity index (χ1v) is 11.0. The molecule has 2 aromatic rings. The lowest BCUT2D eigenvalue weighted by Crippen LogP contribution is -2.13. The van der Waals surface area contributed by atoms with E-state index in [2.05, 4.69) is 74.2 Å². The van der Waals surface area contributed by atoms with Crippen LogP contribution in [0.1, 0.15) is 76.3 Å². The maximum absolute atomic E-state index is 3.54. The number of hydrogen-bond donors (Lipinski definition) is 0. The highest BCUT2D eigenvalue weighted by atomic mass is 14.2. The van der Waals surface area contributed by atoms with Crippen molar-refractivity contribution in [3.63, 3.8) is 0 Å². The van der Waals surface area contributed by atoms with E-state index in [9.17, 15) is 0 Å². The summed E-state index contributed by atoms with van der Waals surface area (Å²) in [5.41, 5.74) is 5.16. The van der Waals surface area contributed by atoms with Crippen LogP contribution in [-0.4, -0.2) is 0 Å². The molecule has 142 valence electrons. The monoisotopic (exact) mass is 358 g/mol. The van der Waals surface area contributed by atoms with Gasteiger partial charge in [0.05, 0.1) is 0 Å². The Kier molecular flexibility index (Phi) is 7.58. The molecular weight excluding hydrogens is 324 g/mol. The summed E-state index contributed by atoms with van der Waals surface area (Å²) in [4.78, 5) is 0. The molecule has 0 atom stereocenters. The summed E-state index contributed by atoms with van der Waals surface area (Å²) >= 11 is 0. The van der Waals surface area contributed by atoms with E-state index >= 15 is 0 Å². The summed E-state index contributed by atoms with van der Waals surface area (Å²) in [5.74, 6) is 8.52. The van der Waals surface area contributed by atoms with Crippen molar-refractivity contribution in [1.82, 2.24) is 0 Å². The van der Waals surface area contributed by atoms with Gasteiger partial charge >= 0.3 is 0 Å². The molecule has 0 spiro atoms. The molecule has 0 nitrogen and oxygen atoms in total. The molecule has 0 aliphatic heterocycles. The first kappa shape index (κ1) is 19.8. The number of hydrogen-bond acceptors (Lipinski definition) is 0. The van der Waals surface area contributed by atoms with Crippen molar-refractivity contribution < 1.29 is 0 Å². The van der Waals surface area contributed by atoms with Crippen LogP contribution in [0.4, 0.5) is 0 Å². The Balaban J connectivity index is 1.56. The number of benzene rings is 2. The summed E-state index contributed by atoms with van der Waals surface area (Å²) < 4.78 is 0. The van der Waals surface area contributed by atoms with Gasteiger partial charge in [-0.1, -0.05) is 81.3 Å². The van der Waals surface area contributed by atoms with E-state index in [1.807, 2.05) is 0 Å². The number of unbranched alkanes of at least 4 members (excludes halogenated alkanes) is 1. The molecule has 1 saturated carbocycles. The van der Waals surface area contributed by atoms with E-state index in [1.165, 1.54) is 74.5 Å². The number of aryl methyl sites for hydroxylation is 1. The van der Waals surface area contributed by atoms with Crippen molar-refractivity contribution in [3.05, 3.63) is 59.7 Å². The largest absolute Gasteiger partial charge is 0.0945 e. The first-order chi connectivity index (χ1) is 13.3. The zero-order valence-electron chi connectivity index (χ0n) is 17.1. The van der Waals surface area contributed by atoms with Gasteiger partial charge in [0.2, 0.25) is 0 Å². The van der Waals surface area contributed by atoms with Gasteiger partial charge in [-0.15, -0.1) is 0 Å². The minimum atomic E-state index is 0.605. The van der Waals surface area contributed by atoms with Crippen LogP contribution >= 0.6 is 0 Å². The molecule has 0 N–H and O–H groups in total. The van der Waals surface area contributed by atoms with Crippen LogP contribution in [0.25, 0.3) is 11.1 Å². The molecule has 0 saturated heterocycles. The Morgan fingerprint density at radius 3 is 2.00 bits per heavy atom. The van der Waals surface area contributed by atoms with E-state index in [1.54, 1.807) is 0 Å². The second-order valence-electron chi connectivity index (χ2n) is 8.15. The number of rotatable bonds is 6. The van der Waals surface area contributed by atoms with Gasteiger partial charge < -0.3 is 0 Å². The molecule has 1 fully saturated rings. The molecule has 27 heavy (non-hydrogen) atoms. The Bertz CT molecular complexity index is 731. The van der Waals surface area contributed by atoms with E-state index in [0.29, 0.717) is 5.92 Å². The lowest BCUT2D eigenvalue weighted by Gasteiger charge is -2.25. The van der Waals surface area contributed by atoms with E-state index in [0.717, 1.165) is 11.5 Å². The van der Waals surface area contributed by atoms with E-state index in [-0.39, 0.29) is 0 Å². The highest BCUT2D eigenvalue weighted by Crippen LogP contribution is 2.31. The molecule has 0 amide bonds. The average Bonchev–Trinajstić information content (AvgIpc) is 2.73. The molecule has 0 radical (unpaired) electrons. The highest BCUT2D eigenvalue weighted by molar-refractivity contribution is 5.64.